The molecule has 34 heavy (non-hydrogen) atoms. The van der Waals surface area contributed by atoms with Gasteiger partial charge in [-0.05, 0) is 87.5 Å². The molecule has 0 atom stereocenters. The Bertz CT molecular complexity index is 1350. The van der Waals surface area contributed by atoms with E-state index >= 15 is 0 Å². The Labute approximate surface area is 227 Å². The smallest absolute Gasteiger partial charge is 0.363 e. The fraction of sp³-hybridized carbons (Fsp3) is 0.0833. The number of hydrogen-bond donors (Lipinski definition) is 0. The lowest BCUT2D eigenvalue weighted by Gasteiger charge is -2.12. The standard InChI is InChI=1S/C24H15ClI2N2O5/c1-13-2-4-14(5-3-13)12-33-22-19(26)8-15(9-20(22)27)10-21-24(30)34-23(28-21)17-11-16(29(31)32)6-7-18(17)25/h2-11H,12H2,1H3/b21-10-. The van der Waals surface area contributed by atoms with Gasteiger partial charge in [0.25, 0.3) is 5.69 Å². The highest BCUT2D eigenvalue weighted by Crippen LogP contribution is 2.32. The molecule has 0 saturated heterocycles. The lowest BCUT2D eigenvalue weighted by Crippen LogP contribution is -2.06. The number of carbonyl (C=O) groups is 1. The van der Waals surface area contributed by atoms with E-state index in [9.17, 15) is 14.9 Å². The lowest BCUT2D eigenvalue weighted by molar-refractivity contribution is -0.384. The Morgan fingerprint density at radius 1 is 1.12 bits per heavy atom. The number of rotatable bonds is 6. The van der Waals surface area contributed by atoms with E-state index in [1.54, 1.807) is 6.08 Å². The zero-order valence-electron chi connectivity index (χ0n) is 17.6. The lowest BCUT2D eigenvalue weighted by atomic mass is 10.1. The Kier molecular flexibility index (Phi) is 7.53. The number of nitro groups is 1. The van der Waals surface area contributed by atoms with Crippen molar-refractivity contribution < 1.29 is 19.2 Å². The molecule has 10 heteroatoms. The predicted molar refractivity (Wildman–Crippen MR) is 146 cm³/mol. The van der Waals surface area contributed by atoms with Crippen LogP contribution in [-0.4, -0.2) is 16.8 Å². The van der Waals surface area contributed by atoms with Crippen molar-refractivity contribution in [2.45, 2.75) is 13.5 Å². The molecular weight excluding hydrogens is 686 g/mol. The summed E-state index contributed by atoms with van der Waals surface area (Å²) in [4.78, 5) is 27.1. The molecule has 0 aromatic heterocycles. The molecule has 0 fully saturated rings. The van der Waals surface area contributed by atoms with Crippen molar-refractivity contribution >= 4 is 80.4 Å². The van der Waals surface area contributed by atoms with E-state index in [1.165, 1.54) is 23.8 Å². The fourth-order valence-corrected chi connectivity index (χ4v) is 5.44. The second kappa shape index (κ2) is 10.4. The molecule has 0 unspecified atom stereocenters. The van der Waals surface area contributed by atoms with Crippen LogP contribution in [0.3, 0.4) is 0 Å². The minimum atomic E-state index is -0.665. The minimum absolute atomic E-state index is 0.0671. The third-order valence-electron chi connectivity index (χ3n) is 4.84. The summed E-state index contributed by atoms with van der Waals surface area (Å²) in [5.41, 5.74) is 3.06. The molecule has 0 aliphatic carbocycles. The van der Waals surface area contributed by atoms with E-state index in [0.29, 0.717) is 6.61 Å². The maximum absolute atomic E-state index is 12.4. The molecule has 3 aromatic carbocycles. The summed E-state index contributed by atoms with van der Waals surface area (Å²) < 4.78 is 13.0. The molecule has 4 rings (SSSR count). The maximum Gasteiger partial charge on any atom is 0.363 e. The topological polar surface area (TPSA) is 91.0 Å². The number of non-ortho nitro benzene ring substituents is 1. The number of halogens is 3. The Balaban J connectivity index is 1.58. The summed E-state index contributed by atoms with van der Waals surface area (Å²) in [5, 5.41) is 11.3. The van der Waals surface area contributed by atoms with Crippen LogP contribution < -0.4 is 4.74 Å². The van der Waals surface area contributed by atoms with Crippen molar-refractivity contribution in [1.82, 2.24) is 0 Å². The van der Waals surface area contributed by atoms with Gasteiger partial charge in [-0.25, -0.2) is 9.79 Å². The highest BCUT2D eigenvalue weighted by molar-refractivity contribution is 14.1. The number of carbonyl (C=O) groups excluding carboxylic acids is 1. The minimum Gasteiger partial charge on any atom is -0.487 e. The van der Waals surface area contributed by atoms with Crippen LogP contribution in [0.25, 0.3) is 6.08 Å². The van der Waals surface area contributed by atoms with Crippen LogP contribution in [0, 0.1) is 24.2 Å². The summed E-state index contributed by atoms with van der Waals surface area (Å²) in [6, 6.07) is 15.8. The van der Waals surface area contributed by atoms with Crippen molar-refractivity contribution in [2.75, 3.05) is 0 Å². The Morgan fingerprint density at radius 2 is 1.79 bits per heavy atom. The molecule has 1 aliphatic rings. The zero-order valence-corrected chi connectivity index (χ0v) is 22.6. The number of aliphatic imine (C=N–C) groups is 1. The highest BCUT2D eigenvalue weighted by Gasteiger charge is 2.27. The fourth-order valence-electron chi connectivity index (χ4n) is 3.11. The van der Waals surface area contributed by atoms with E-state index < -0.39 is 10.9 Å². The number of esters is 1. The first kappa shape index (κ1) is 24.6. The van der Waals surface area contributed by atoms with E-state index in [2.05, 4.69) is 50.2 Å². The van der Waals surface area contributed by atoms with Gasteiger partial charge in [-0.15, -0.1) is 0 Å². The van der Waals surface area contributed by atoms with Gasteiger partial charge >= 0.3 is 5.97 Å². The largest absolute Gasteiger partial charge is 0.487 e. The van der Waals surface area contributed by atoms with Gasteiger partial charge in [0.1, 0.15) is 12.4 Å². The van der Waals surface area contributed by atoms with Crippen LogP contribution >= 0.6 is 56.8 Å². The normalized spacial score (nSPS) is 14.2. The summed E-state index contributed by atoms with van der Waals surface area (Å²) in [7, 11) is 0. The Hall–Kier alpha value is -2.51. The number of cyclic esters (lactones) is 1. The summed E-state index contributed by atoms with van der Waals surface area (Å²) >= 11 is 10.5. The van der Waals surface area contributed by atoms with Gasteiger partial charge < -0.3 is 9.47 Å². The van der Waals surface area contributed by atoms with E-state index in [4.69, 9.17) is 21.1 Å². The monoisotopic (exact) mass is 700 g/mol. The number of ether oxygens (including phenoxy) is 2. The van der Waals surface area contributed by atoms with E-state index in [0.717, 1.165) is 24.0 Å². The van der Waals surface area contributed by atoms with Crippen LogP contribution in [0.2, 0.25) is 5.02 Å². The number of hydrogen-bond acceptors (Lipinski definition) is 6. The molecule has 0 amide bonds. The van der Waals surface area contributed by atoms with Crippen molar-refractivity contribution in [3.63, 3.8) is 0 Å². The first-order chi connectivity index (χ1) is 16.2. The number of nitro benzene ring substituents is 1. The quantitative estimate of drug-likeness (QED) is 0.0941. The van der Waals surface area contributed by atoms with Gasteiger partial charge in [-0.1, -0.05) is 41.4 Å². The van der Waals surface area contributed by atoms with E-state index in [1.807, 2.05) is 43.3 Å². The van der Waals surface area contributed by atoms with Crippen LogP contribution in [0.1, 0.15) is 22.3 Å². The summed E-state index contributed by atoms with van der Waals surface area (Å²) in [5.74, 6) is 0.0140. The van der Waals surface area contributed by atoms with Gasteiger partial charge in [0.15, 0.2) is 5.70 Å². The van der Waals surface area contributed by atoms with Crippen molar-refractivity contribution in [2.24, 2.45) is 4.99 Å². The molecular formula is C24H15ClI2N2O5. The molecule has 1 heterocycles. The third kappa shape index (κ3) is 5.58. The Morgan fingerprint density at radius 3 is 2.44 bits per heavy atom. The highest BCUT2D eigenvalue weighted by atomic mass is 127. The molecule has 0 bridgehead atoms. The maximum atomic E-state index is 12.4. The molecule has 0 spiro atoms. The van der Waals surface area contributed by atoms with Gasteiger partial charge in [0.2, 0.25) is 5.90 Å². The first-order valence-electron chi connectivity index (χ1n) is 9.85. The number of aryl methyl sites for hydroxylation is 1. The van der Waals surface area contributed by atoms with Crippen molar-refractivity contribution in [3.05, 3.63) is 105 Å². The number of benzene rings is 3. The van der Waals surface area contributed by atoms with E-state index in [-0.39, 0.29) is 27.9 Å². The molecule has 3 aromatic rings. The van der Waals surface area contributed by atoms with Gasteiger partial charge in [-0.2, -0.15) is 0 Å². The SMILES string of the molecule is Cc1ccc(COc2c(I)cc(/C=C3\N=C(c4cc([N+](=O)[O-])ccc4Cl)OC3=O)cc2I)cc1. The van der Waals surface area contributed by atoms with Crippen LogP contribution in [0.4, 0.5) is 5.69 Å². The van der Waals surface area contributed by atoms with Gasteiger partial charge in [-0.3, -0.25) is 10.1 Å². The average molecular weight is 701 g/mol. The number of nitrogens with zero attached hydrogens (tertiary/aromatic N) is 2. The zero-order chi connectivity index (χ0) is 24.4. The molecule has 0 radical (unpaired) electrons. The van der Waals surface area contributed by atoms with Gasteiger partial charge in [0.05, 0.1) is 22.6 Å². The van der Waals surface area contributed by atoms with Crippen molar-refractivity contribution in [3.8, 4) is 5.75 Å². The molecule has 7 nitrogen and oxygen atoms in total. The molecule has 0 N–H and O–H groups in total. The average Bonchev–Trinajstić information content (AvgIpc) is 3.14. The van der Waals surface area contributed by atoms with Crippen LogP contribution in [0.15, 0.2) is 65.3 Å². The summed E-state index contributed by atoms with van der Waals surface area (Å²) in [6.07, 6.45) is 1.59. The molecule has 172 valence electrons. The second-order valence-electron chi connectivity index (χ2n) is 7.35. The second-order valence-corrected chi connectivity index (χ2v) is 10.1. The first-order valence-corrected chi connectivity index (χ1v) is 12.4. The predicted octanol–water partition coefficient (Wildman–Crippen LogP) is 6.69. The van der Waals surface area contributed by atoms with Crippen LogP contribution in [-0.2, 0) is 16.1 Å². The van der Waals surface area contributed by atoms with Gasteiger partial charge in [0, 0.05) is 12.1 Å². The summed E-state index contributed by atoms with van der Waals surface area (Å²) in [6.45, 7) is 2.48. The van der Waals surface area contributed by atoms with Crippen molar-refractivity contribution in [1.29, 1.82) is 0 Å². The van der Waals surface area contributed by atoms with Crippen LogP contribution in [0.5, 0.6) is 5.75 Å². The third-order valence-corrected chi connectivity index (χ3v) is 6.77. The molecule has 1 aliphatic heterocycles. The molecule has 0 saturated carbocycles.